The highest BCUT2D eigenvalue weighted by molar-refractivity contribution is 5.72. The summed E-state index contributed by atoms with van der Waals surface area (Å²) in [5.74, 6) is 0.0884. The Bertz CT molecular complexity index is 466. The van der Waals surface area contributed by atoms with Crippen LogP contribution in [0.1, 0.15) is 19.3 Å². The van der Waals surface area contributed by atoms with Gasteiger partial charge < -0.3 is 20.0 Å². The number of nitrogen functional groups attached to an aromatic ring is 1. The number of benzene rings is 1. The molecule has 0 spiro atoms. The first-order chi connectivity index (χ1) is 10.1. The topological polar surface area (TPSA) is 114 Å². The fourth-order valence-electron chi connectivity index (χ4n) is 1.51. The van der Waals surface area contributed by atoms with Crippen LogP contribution in [0.3, 0.4) is 0 Å². The Hall–Kier alpha value is -2.35. The summed E-state index contributed by atoms with van der Waals surface area (Å²) in [5.41, 5.74) is 6.11. The molecule has 0 amide bonds. The largest absolute Gasteiger partial charge is 0.426 e. The van der Waals surface area contributed by atoms with Crippen LogP contribution in [0.2, 0.25) is 0 Å². The second-order valence-corrected chi connectivity index (χ2v) is 4.17. The van der Waals surface area contributed by atoms with Gasteiger partial charge in [-0.2, -0.15) is 0 Å². The first-order valence-electron chi connectivity index (χ1n) is 6.49. The number of unbranched alkanes of at least 4 members (excludes halogenated alkanes) is 1. The van der Waals surface area contributed by atoms with Gasteiger partial charge in [-0.25, -0.2) is 0 Å². The second-order valence-electron chi connectivity index (χ2n) is 4.17. The molecule has 116 valence electrons. The van der Waals surface area contributed by atoms with Crippen molar-refractivity contribution in [3.8, 4) is 5.75 Å². The minimum Gasteiger partial charge on any atom is -0.426 e. The van der Waals surface area contributed by atoms with E-state index in [0.717, 1.165) is 0 Å². The molecule has 2 N–H and O–H groups in total. The van der Waals surface area contributed by atoms with Gasteiger partial charge in [0.1, 0.15) is 12.4 Å². The van der Waals surface area contributed by atoms with Gasteiger partial charge in [0, 0.05) is 24.8 Å². The summed E-state index contributed by atoms with van der Waals surface area (Å²) in [6.07, 6.45) is 1.53. The molecule has 1 rings (SSSR count). The van der Waals surface area contributed by atoms with Gasteiger partial charge in [-0.1, -0.05) is 6.07 Å². The molecule has 0 aliphatic carbocycles. The monoisotopic (exact) mass is 298 g/mol. The molecule has 8 heteroatoms. The second kappa shape index (κ2) is 9.54. The molecule has 0 saturated heterocycles. The number of esters is 1. The van der Waals surface area contributed by atoms with Gasteiger partial charge in [0.2, 0.25) is 0 Å². The minimum absolute atomic E-state index is 0.0928. The Morgan fingerprint density at radius 2 is 2.05 bits per heavy atom. The van der Waals surface area contributed by atoms with Gasteiger partial charge in [-0.15, -0.1) is 10.1 Å². The van der Waals surface area contributed by atoms with Crippen LogP contribution in [0, 0.1) is 10.1 Å². The normalized spacial score (nSPS) is 10.1. The third-order valence-electron chi connectivity index (χ3n) is 2.43. The van der Waals surface area contributed by atoms with Crippen LogP contribution < -0.4 is 10.5 Å². The van der Waals surface area contributed by atoms with Crippen molar-refractivity contribution < 1.29 is 24.2 Å². The lowest BCUT2D eigenvalue weighted by molar-refractivity contribution is -0.758. The Labute approximate surface area is 121 Å². The van der Waals surface area contributed by atoms with Gasteiger partial charge in [-0.3, -0.25) is 4.79 Å². The number of ether oxygens (including phenoxy) is 2. The van der Waals surface area contributed by atoms with Crippen molar-refractivity contribution >= 4 is 11.7 Å². The summed E-state index contributed by atoms with van der Waals surface area (Å²) in [6, 6.07) is 6.65. The van der Waals surface area contributed by atoms with Crippen molar-refractivity contribution in [2.24, 2.45) is 0 Å². The van der Waals surface area contributed by atoms with Crippen LogP contribution >= 0.6 is 0 Å². The zero-order valence-electron chi connectivity index (χ0n) is 11.5. The Morgan fingerprint density at radius 3 is 2.76 bits per heavy atom. The molecule has 0 radical (unpaired) electrons. The molecule has 0 aromatic heterocycles. The SMILES string of the molecule is Nc1cccc(OC(=O)CCCCOCCO[N+](=O)[O-])c1. The number of carbonyl (C=O) groups is 1. The molecule has 0 aliphatic rings. The van der Waals surface area contributed by atoms with Gasteiger partial charge >= 0.3 is 5.97 Å². The summed E-state index contributed by atoms with van der Waals surface area (Å²) in [4.78, 5) is 25.5. The summed E-state index contributed by atoms with van der Waals surface area (Å²) < 4.78 is 10.2. The summed E-state index contributed by atoms with van der Waals surface area (Å²) in [5, 5.41) is 8.98. The third-order valence-corrected chi connectivity index (χ3v) is 2.43. The number of carbonyl (C=O) groups excluding carboxylic acids is 1. The van der Waals surface area contributed by atoms with Gasteiger partial charge in [-0.05, 0) is 25.0 Å². The molecular formula is C13H18N2O6. The maximum atomic E-state index is 11.5. The lowest BCUT2D eigenvalue weighted by atomic mass is 10.2. The highest BCUT2D eigenvalue weighted by Crippen LogP contribution is 2.15. The molecule has 0 atom stereocenters. The van der Waals surface area contributed by atoms with Crippen LogP contribution in [-0.2, 0) is 14.4 Å². The highest BCUT2D eigenvalue weighted by Gasteiger charge is 2.05. The minimum atomic E-state index is -0.865. The maximum absolute atomic E-state index is 11.5. The lowest BCUT2D eigenvalue weighted by Crippen LogP contribution is -2.10. The van der Waals surface area contributed by atoms with Gasteiger partial charge in [0.25, 0.3) is 5.09 Å². The average Bonchev–Trinajstić information content (AvgIpc) is 2.41. The van der Waals surface area contributed by atoms with E-state index < -0.39 is 5.09 Å². The molecule has 0 saturated carbocycles. The first-order valence-corrected chi connectivity index (χ1v) is 6.49. The van der Waals surface area contributed by atoms with Crippen molar-refractivity contribution in [2.75, 3.05) is 25.6 Å². The van der Waals surface area contributed by atoms with Crippen molar-refractivity contribution in [3.63, 3.8) is 0 Å². The smallest absolute Gasteiger partial charge is 0.311 e. The molecule has 0 unspecified atom stereocenters. The number of nitrogens with zero attached hydrogens (tertiary/aromatic N) is 1. The van der Waals surface area contributed by atoms with E-state index in [4.69, 9.17) is 15.2 Å². The number of hydrogen-bond acceptors (Lipinski definition) is 7. The molecule has 21 heavy (non-hydrogen) atoms. The molecule has 8 nitrogen and oxygen atoms in total. The molecule has 0 heterocycles. The van der Waals surface area contributed by atoms with E-state index in [1.165, 1.54) is 0 Å². The van der Waals surface area contributed by atoms with Gasteiger partial charge in [0.05, 0.1) is 6.61 Å². The standard InChI is InChI=1S/C13H18N2O6/c14-11-4-3-5-12(10-11)21-13(16)6-1-2-7-19-8-9-20-15(17)18/h3-5,10H,1-2,6-9,14H2. The van der Waals surface area contributed by atoms with Crippen molar-refractivity contribution in [2.45, 2.75) is 19.3 Å². The maximum Gasteiger partial charge on any atom is 0.311 e. The van der Waals surface area contributed by atoms with E-state index >= 15 is 0 Å². The van der Waals surface area contributed by atoms with Crippen LogP contribution in [0.15, 0.2) is 24.3 Å². The lowest BCUT2D eigenvalue weighted by Gasteiger charge is -2.05. The van der Waals surface area contributed by atoms with Crippen LogP contribution in [0.5, 0.6) is 5.75 Å². The van der Waals surface area contributed by atoms with E-state index in [9.17, 15) is 14.9 Å². The number of nitrogens with two attached hydrogens (primary N) is 1. The van der Waals surface area contributed by atoms with Gasteiger partial charge in [0.15, 0.2) is 0 Å². The molecular weight excluding hydrogens is 280 g/mol. The Balaban J connectivity index is 2.02. The average molecular weight is 298 g/mol. The zero-order valence-corrected chi connectivity index (χ0v) is 11.5. The quantitative estimate of drug-likeness (QED) is 0.174. The summed E-state index contributed by atoms with van der Waals surface area (Å²) in [6.45, 7) is 0.464. The molecule has 0 aliphatic heterocycles. The van der Waals surface area contributed by atoms with Crippen LogP contribution in [0.4, 0.5) is 5.69 Å². The summed E-state index contributed by atoms with van der Waals surface area (Å²) in [7, 11) is 0. The number of hydrogen-bond donors (Lipinski definition) is 1. The van der Waals surface area contributed by atoms with E-state index in [-0.39, 0.29) is 25.6 Å². The van der Waals surface area contributed by atoms with Crippen molar-refractivity contribution in [1.82, 2.24) is 0 Å². The van der Waals surface area contributed by atoms with E-state index in [1.807, 2.05) is 0 Å². The molecule has 0 fully saturated rings. The highest BCUT2D eigenvalue weighted by atomic mass is 17.0. The van der Waals surface area contributed by atoms with E-state index in [1.54, 1.807) is 24.3 Å². The van der Waals surface area contributed by atoms with E-state index in [2.05, 4.69) is 4.84 Å². The van der Waals surface area contributed by atoms with Crippen LogP contribution in [-0.4, -0.2) is 30.9 Å². The number of anilines is 1. The molecule has 0 bridgehead atoms. The zero-order chi connectivity index (χ0) is 15.5. The van der Waals surface area contributed by atoms with E-state index in [0.29, 0.717) is 30.9 Å². The molecule has 1 aromatic rings. The first kappa shape index (κ1) is 16.7. The Kier molecular flexibility index (Phi) is 7.59. The fraction of sp³-hybridized carbons (Fsp3) is 0.462. The van der Waals surface area contributed by atoms with Crippen molar-refractivity contribution in [1.29, 1.82) is 0 Å². The predicted molar refractivity (Wildman–Crippen MR) is 74.1 cm³/mol. The Morgan fingerprint density at radius 1 is 1.24 bits per heavy atom. The molecule has 1 aromatic carbocycles. The van der Waals surface area contributed by atoms with Crippen molar-refractivity contribution in [3.05, 3.63) is 34.4 Å². The third kappa shape index (κ3) is 8.43. The number of rotatable bonds is 10. The fourth-order valence-corrected chi connectivity index (χ4v) is 1.51. The predicted octanol–water partition coefficient (Wildman–Crippen LogP) is 1.57. The summed E-state index contributed by atoms with van der Waals surface area (Å²) >= 11 is 0. The van der Waals surface area contributed by atoms with Crippen LogP contribution in [0.25, 0.3) is 0 Å².